The number of benzene rings is 1. The van der Waals surface area contributed by atoms with Crippen LogP contribution in [0.3, 0.4) is 0 Å². The van der Waals surface area contributed by atoms with Gasteiger partial charge in [-0.25, -0.2) is 9.48 Å². The third-order valence-corrected chi connectivity index (χ3v) is 4.78. The van der Waals surface area contributed by atoms with E-state index in [1.165, 1.54) is 0 Å². The van der Waals surface area contributed by atoms with Crippen LogP contribution in [0.25, 0.3) is 0 Å². The number of hydrogen-bond acceptors (Lipinski definition) is 4. The molecule has 0 saturated carbocycles. The van der Waals surface area contributed by atoms with Gasteiger partial charge in [0, 0.05) is 24.2 Å². The summed E-state index contributed by atoms with van der Waals surface area (Å²) < 4.78 is 6.77. The number of nitrogens with zero attached hydrogens (tertiary/aromatic N) is 3. The van der Waals surface area contributed by atoms with Crippen LogP contribution < -0.4 is 5.32 Å². The van der Waals surface area contributed by atoms with E-state index in [1.807, 2.05) is 24.3 Å². The van der Waals surface area contributed by atoms with E-state index in [1.54, 1.807) is 28.8 Å². The zero-order valence-electron chi connectivity index (χ0n) is 15.2. The highest BCUT2D eigenvalue weighted by molar-refractivity contribution is 6.30. The summed E-state index contributed by atoms with van der Waals surface area (Å²) in [4.78, 5) is 26.2. The van der Waals surface area contributed by atoms with Crippen molar-refractivity contribution in [3.63, 3.8) is 0 Å². The minimum Gasteiger partial charge on any atom is -0.450 e. The van der Waals surface area contributed by atoms with E-state index in [2.05, 4.69) is 10.4 Å². The van der Waals surface area contributed by atoms with Crippen LogP contribution in [0.5, 0.6) is 0 Å². The van der Waals surface area contributed by atoms with E-state index >= 15 is 0 Å². The highest BCUT2D eigenvalue weighted by Gasteiger charge is 2.29. The molecular weight excluding hydrogens is 368 g/mol. The Morgan fingerprint density at radius 1 is 1.30 bits per heavy atom. The van der Waals surface area contributed by atoms with Crippen LogP contribution in [0.2, 0.25) is 5.02 Å². The second kappa shape index (κ2) is 8.90. The fourth-order valence-electron chi connectivity index (χ4n) is 3.13. The van der Waals surface area contributed by atoms with E-state index in [0.29, 0.717) is 37.1 Å². The number of hydrogen-bond donors (Lipinski definition) is 1. The topological polar surface area (TPSA) is 76.5 Å². The Hall–Kier alpha value is -2.54. The maximum absolute atomic E-state index is 12.7. The lowest BCUT2D eigenvalue weighted by Crippen LogP contribution is -2.44. The Morgan fingerprint density at radius 2 is 2.07 bits per heavy atom. The van der Waals surface area contributed by atoms with Crippen LogP contribution in [0, 0.1) is 5.92 Å². The highest BCUT2D eigenvalue weighted by Crippen LogP contribution is 2.20. The molecule has 1 N–H and O–H groups in total. The van der Waals surface area contributed by atoms with E-state index in [4.69, 9.17) is 16.3 Å². The molecule has 1 unspecified atom stereocenters. The summed E-state index contributed by atoms with van der Waals surface area (Å²) in [7, 11) is 0. The van der Waals surface area contributed by atoms with Crippen molar-refractivity contribution in [3.05, 3.63) is 47.1 Å². The normalized spacial score (nSPS) is 16.8. The fourth-order valence-corrected chi connectivity index (χ4v) is 3.25. The Labute approximate surface area is 163 Å². The van der Waals surface area contributed by atoms with Gasteiger partial charge < -0.3 is 15.0 Å². The third kappa shape index (κ3) is 5.01. The Bertz CT molecular complexity index is 791. The summed E-state index contributed by atoms with van der Waals surface area (Å²) in [5, 5.41) is 7.90. The first-order valence-electron chi connectivity index (χ1n) is 9.05. The number of carbonyl (C=O) groups is 2. The van der Waals surface area contributed by atoms with Gasteiger partial charge in [-0.2, -0.15) is 5.10 Å². The molecule has 1 fully saturated rings. The summed E-state index contributed by atoms with van der Waals surface area (Å²) in [5.41, 5.74) is 1.03. The quantitative estimate of drug-likeness (QED) is 0.848. The summed E-state index contributed by atoms with van der Waals surface area (Å²) in [6.45, 7) is 3.62. The second-order valence-corrected chi connectivity index (χ2v) is 6.91. The van der Waals surface area contributed by atoms with Crippen molar-refractivity contribution in [2.75, 3.05) is 25.0 Å². The van der Waals surface area contributed by atoms with Gasteiger partial charge >= 0.3 is 6.09 Å². The molecule has 1 atom stereocenters. The van der Waals surface area contributed by atoms with Crippen LogP contribution in [0.1, 0.15) is 25.3 Å². The van der Waals surface area contributed by atoms with Crippen molar-refractivity contribution in [2.24, 2.45) is 5.92 Å². The minimum absolute atomic E-state index is 0.109. The van der Waals surface area contributed by atoms with Crippen molar-refractivity contribution in [2.45, 2.75) is 26.3 Å². The van der Waals surface area contributed by atoms with Crippen LogP contribution in [-0.2, 0) is 16.1 Å². The molecule has 2 heterocycles. The lowest BCUT2D eigenvalue weighted by molar-refractivity contribution is -0.121. The number of likely N-dealkylation sites (tertiary alicyclic amines) is 1. The number of aromatic nitrogens is 2. The molecule has 144 valence electrons. The largest absolute Gasteiger partial charge is 0.450 e. The lowest BCUT2D eigenvalue weighted by atomic mass is 9.97. The van der Waals surface area contributed by atoms with E-state index in [0.717, 1.165) is 18.4 Å². The third-order valence-electron chi connectivity index (χ3n) is 4.53. The van der Waals surface area contributed by atoms with Gasteiger partial charge in [-0.15, -0.1) is 0 Å². The van der Waals surface area contributed by atoms with Crippen LogP contribution in [-0.4, -0.2) is 46.4 Å². The van der Waals surface area contributed by atoms with Crippen LogP contribution >= 0.6 is 11.6 Å². The first-order chi connectivity index (χ1) is 13.1. The maximum atomic E-state index is 12.7. The number of amides is 2. The Kier molecular flexibility index (Phi) is 6.34. The second-order valence-electron chi connectivity index (χ2n) is 6.47. The van der Waals surface area contributed by atoms with Gasteiger partial charge in [-0.3, -0.25) is 4.79 Å². The smallest absolute Gasteiger partial charge is 0.409 e. The first kappa shape index (κ1) is 19.2. The number of carbonyl (C=O) groups excluding carboxylic acids is 2. The van der Waals surface area contributed by atoms with E-state index in [-0.39, 0.29) is 17.9 Å². The molecule has 1 aliphatic rings. The Balaban J connectivity index is 1.62. The van der Waals surface area contributed by atoms with Crippen LogP contribution in [0.4, 0.5) is 10.6 Å². The lowest BCUT2D eigenvalue weighted by Gasteiger charge is -2.31. The Morgan fingerprint density at radius 3 is 2.81 bits per heavy atom. The van der Waals surface area contributed by atoms with Gasteiger partial charge in [-0.1, -0.05) is 23.7 Å². The van der Waals surface area contributed by atoms with Gasteiger partial charge in [0.1, 0.15) is 5.82 Å². The molecule has 1 aliphatic heterocycles. The summed E-state index contributed by atoms with van der Waals surface area (Å²) in [5.74, 6) is 0.257. The number of piperidine rings is 1. The molecule has 1 aromatic carbocycles. The molecule has 7 nitrogen and oxygen atoms in total. The van der Waals surface area contributed by atoms with Crippen molar-refractivity contribution in [1.29, 1.82) is 0 Å². The fraction of sp³-hybridized carbons (Fsp3) is 0.421. The SMILES string of the molecule is CCOC(=O)N1CCCC(C(=O)Nc2ccnn2Cc2ccc(Cl)cc2)C1. The molecule has 0 bridgehead atoms. The average molecular weight is 391 g/mol. The molecule has 0 radical (unpaired) electrons. The number of ether oxygens (including phenoxy) is 1. The van der Waals surface area contributed by atoms with Gasteiger partial charge in [0.05, 0.1) is 25.3 Å². The summed E-state index contributed by atoms with van der Waals surface area (Å²) >= 11 is 5.92. The van der Waals surface area contributed by atoms with Gasteiger partial charge in [-0.05, 0) is 37.5 Å². The molecule has 8 heteroatoms. The molecule has 3 rings (SSSR count). The van der Waals surface area contributed by atoms with Gasteiger partial charge in [0.15, 0.2) is 0 Å². The molecule has 1 saturated heterocycles. The average Bonchev–Trinajstić information content (AvgIpc) is 3.10. The number of halogens is 1. The summed E-state index contributed by atoms with van der Waals surface area (Å²) in [6.07, 6.45) is 2.81. The predicted octanol–water partition coefficient (Wildman–Crippen LogP) is 3.39. The molecule has 0 spiro atoms. The van der Waals surface area contributed by atoms with Gasteiger partial charge in [0.2, 0.25) is 5.91 Å². The number of anilines is 1. The molecule has 1 aromatic heterocycles. The maximum Gasteiger partial charge on any atom is 0.409 e. The molecule has 2 aromatic rings. The molecule has 27 heavy (non-hydrogen) atoms. The van der Waals surface area contributed by atoms with Gasteiger partial charge in [0.25, 0.3) is 0 Å². The number of nitrogens with one attached hydrogen (secondary N) is 1. The van der Waals surface area contributed by atoms with Crippen molar-refractivity contribution >= 4 is 29.4 Å². The van der Waals surface area contributed by atoms with Crippen LogP contribution in [0.15, 0.2) is 36.5 Å². The van der Waals surface area contributed by atoms with E-state index < -0.39 is 0 Å². The molecule has 2 amide bonds. The highest BCUT2D eigenvalue weighted by atomic mass is 35.5. The summed E-state index contributed by atoms with van der Waals surface area (Å²) in [6, 6.07) is 9.26. The zero-order chi connectivity index (χ0) is 19.2. The molecular formula is C19H23ClN4O3. The standard InChI is InChI=1S/C19H23ClN4O3/c1-2-27-19(26)23-11-3-4-15(13-23)18(25)22-17-9-10-21-24(17)12-14-5-7-16(20)8-6-14/h5-10,15H,2-4,11-13H2,1H3,(H,22,25). The molecule has 0 aliphatic carbocycles. The van der Waals surface area contributed by atoms with E-state index in [9.17, 15) is 9.59 Å². The minimum atomic E-state index is -0.359. The van der Waals surface area contributed by atoms with Crippen molar-refractivity contribution < 1.29 is 14.3 Å². The first-order valence-corrected chi connectivity index (χ1v) is 9.43. The number of rotatable bonds is 5. The van der Waals surface area contributed by atoms with Crippen molar-refractivity contribution in [1.82, 2.24) is 14.7 Å². The zero-order valence-corrected chi connectivity index (χ0v) is 16.0. The van der Waals surface area contributed by atoms with Crippen molar-refractivity contribution in [3.8, 4) is 0 Å². The monoisotopic (exact) mass is 390 g/mol. The predicted molar refractivity (Wildman–Crippen MR) is 103 cm³/mol.